The predicted octanol–water partition coefficient (Wildman–Crippen LogP) is 4.30. The quantitative estimate of drug-likeness (QED) is 0.731. The van der Waals surface area contributed by atoms with Gasteiger partial charge in [-0.1, -0.05) is 36.4 Å². The van der Waals surface area contributed by atoms with Crippen molar-refractivity contribution in [2.45, 2.75) is 13.3 Å². The summed E-state index contributed by atoms with van der Waals surface area (Å²) in [4.78, 5) is 6.03. The Morgan fingerprint density at radius 3 is 2.59 bits per heavy atom. The molecule has 0 radical (unpaired) electrons. The van der Waals surface area contributed by atoms with E-state index in [4.69, 9.17) is 15.5 Å². The summed E-state index contributed by atoms with van der Waals surface area (Å²) >= 11 is 1.74. The maximum atomic E-state index is 5.97. The molecule has 2 aromatic carbocycles. The molecule has 0 amide bonds. The van der Waals surface area contributed by atoms with Crippen molar-refractivity contribution >= 4 is 17.0 Å². The summed E-state index contributed by atoms with van der Waals surface area (Å²) in [6.07, 6.45) is 0.784. The predicted molar refractivity (Wildman–Crippen MR) is 92.5 cm³/mol. The molecule has 4 heteroatoms. The molecule has 0 saturated heterocycles. The van der Waals surface area contributed by atoms with E-state index in [2.05, 4.69) is 19.1 Å². The van der Waals surface area contributed by atoms with Crippen LogP contribution in [0.3, 0.4) is 0 Å². The molecule has 2 N–H and O–H groups in total. The highest BCUT2D eigenvalue weighted by atomic mass is 32.1. The molecule has 0 aliphatic carbocycles. The topological polar surface area (TPSA) is 48.1 Å². The SMILES string of the molecule is COc1ccc(Cc2nc(-c3ccccc3)c(C)s2)cc1N. The van der Waals surface area contributed by atoms with Gasteiger partial charge >= 0.3 is 0 Å². The van der Waals surface area contributed by atoms with Crippen molar-refractivity contribution in [1.29, 1.82) is 0 Å². The first-order valence-corrected chi connectivity index (χ1v) is 7.93. The Kier molecular flexibility index (Phi) is 4.11. The lowest BCUT2D eigenvalue weighted by Gasteiger charge is -2.06. The van der Waals surface area contributed by atoms with E-state index in [1.165, 1.54) is 4.88 Å². The number of aromatic nitrogens is 1. The second-order valence-electron chi connectivity index (χ2n) is 5.13. The van der Waals surface area contributed by atoms with Crippen LogP contribution in [0.5, 0.6) is 5.75 Å². The van der Waals surface area contributed by atoms with Gasteiger partial charge in [0.1, 0.15) is 5.75 Å². The van der Waals surface area contributed by atoms with E-state index in [9.17, 15) is 0 Å². The molecule has 0 unspecified atom stereocenters. The molecular weight excluding hydrogens is 292 g/mol. The number of rotatable bonds is 4. The molecule has 0 bridgehead atoms. The summed E-state index contributed by atoms with van der Waals surface area (Å²) in [5, 5.41) is 1.10. The van der Waals surface area contributed by atoms with E-state index in [1.807, 2.05) is 36.4 Å². The fourth-order valence-electron chi connectivity index (χ4n) is 2.46. The Balaban J connectivity index is 1.86. The molecule has 3 rings (SSSR count). The first kappa shape index (κ1) is 14.6. The first-order valence-electron chi connectivity index (χ1n) is 7.11. The van der Waals surface area contributed by atoms with Crippen LogP contribution < -0.4 is 10.5 Å². The summed E-state index contributed by atoms with van der Waals surface area (Å²) in [7, 11) is 1.63. The Labute approximate surface area is 134 Å². The number of hydrogen-bond donors (Lipinski definition) is 1. The highest BCUT2D eigenvalue weighted by Gasteiger charge is 2.10. The molecule has 0 aliphatic rings. The molecule has 0 atom stereocenters. The van der Waals surface area contributed by atoms with E-state index in [-0.39, 0.29) is 0 Å². The minimum absolute atomic E-state index is 0.663. The molecule has 3 nitrogen and oxygen atoms in total. The van der Waals surface area contributed by atoms with Gasteiger partial charge in [-0.3, -0.25) is 0 Å². The first-order chi connectivity index (χ1) is 10.7. The van der Waals surface area contributed by atoms with Gasteiger partial charge in [0.05, 0.1) is 23.5 Å². The lowest BCUT2D eigenvalue weighted by Crippen LogP contribution is -1.95. The maximum Gasteiger partial charge on any atom is 0.141 e. The van der Waals surface area contributed by atoms with E-state index in [1.54, 1.807) is 18.4 Å². The van der Waals surface area contributed by atoms with Crippen molar-refractivity contribution in [3.05, 3.63) is 64.0 Å². The fourth-order valence-corrected chi connectivity index (χ4v) is 3.45. The number of aryl methyl sites for hydroxylation is 1. The van der Waals surface area contributed by atoms with Crippen LogP contribution in [0.2, 0.25) is 0 Å². The van der Waals surface area contributed by atoms with Crippen LogP contribution >= 0.6 is 11.3 Å². The maximum absolute atomic E-state index is 5.97. The van der Waals surface area contributed by atoms with E-state index in [0.29, 0.717) is 11.4 Å². The molecule has 0 fully saturated rings. The van der Waals surface area contributed by atoms with Crippen molar-refractivity contribution in [2.75, 3.05) is 12.8 Å². The average Bonchev–Trinajstić information content (AvgIpc) is 2.89. The molecule has 1 aromatic heterocycles. The number of nitrogens with zero attached hydrogens (tertiary/aromatic N) is 1. The van der Waals surface area contributed by atoms with Crippen molar-refractivity contribution in [1.82, 2.24) is 4.98 Å². The Bertz CT molecular complexity index is 781. The average molecular weight is 310 g/mol. The summed E-state index contributed by atoms with van der Waals surface area (Å²) in [5.74, 6) is 0.712. The summed E-state index contributed by atoms with van der Waals surface area (Å²) in [5.41, 5.74) is 10.0. The third-order valence-electron chi connectivity index (χ3n) is 3.54. The second-order valence-corrected chi connectivity index (χ2v) is 6.42. The zero-order valence-electron chi connectivity index (χ0n) is 12.7. The van der Waals surface area contributed by atoms with Gasteiger partial charge in [-0.2, -0.15) is 0 Å². The number of benzene rings is 2. The van der Waals surface area contributed by atoms with Crippen LogP contribution in [0.25, 0.3) is 11.3 Å². The molecule has 0 saturated carbocycles. The number of thiazole rings is 1. The van der Waals surface area contributed by atoms with Crippen molar-refractivity contribution < 1.29 is 4.74 Å². The fraction of sp³-hybridized carbons (Fsp3) is 0.167. The van der Waals surface area contributed by atoms with E-state index in [0.717, 1.165) is 28.2 Å². The molecule has 22 heavy (non-hydrogen) atoms. The zero-order valence-corrected chi connectivity index (χ0v) is 13.5. The van der Waals surface area contributed by atoms with Gasteiger partial charge in [-0.25, -0.2) is 4.98 Å². The van der Waals surface area contributed by atoms with Crippen LogP contribution in [0.1, 0.15) is 15.4 Å². The summed E-state index contributed by atoms with van der Waals surface area (Å²) in [6, 6.07) is 16.2. The minimum Gasteiger partial charge on any atom is -0.495 e. The second kappa shape index (κ2) is 6.20. The number of nitrogens with two attached hydrogens (primary N) is 1. The number of methoxy groups -OCH3 is 1. The third-order valence-corrected chi connectivity index (χ3v) is 4.51. The Morgan fingerprint density at radius 2 is 1.91 bits per heavy atom. The Morgan fingerprint density at radius 1 is 1.14 bits per heavy atom. The lowest BCUT2D eigenvalue weighted by molar-refractivity contribution is 0.417. The van der Waals surface area contributed by atoms with Crippen LogP contribution in [-0.2, 0) is 6.42 Å². The molecule has 3 aromatic rings. The van der Waals surface area contributed by atoms with E-state index < -0.39 is 0 Å². The highest BCUT2D eigenvalue weighted by Crippen LogP contribution is 2.29. The molecule has 1 heterocycles. The molecule has 0 aliphatic heterocycles. The van der Waals surface area contributed by atoms with Crippen LogP contribution in [0.15, 0.2) is 48.5 Å². The van der Waals surface area contributed by atoms with Gasteiger partial charge in [0, 0.05) is 16.9 Å². The number of hydrogen-bond acceptors (Lipinski definition) is 4. The van der Waals surface area contributed by atoms with Gasteiger partial charge < -0.3 is 10.5 Å². The number of anilines is 1. The molecule has 0 spiro atoms. The van der Waals surface area contributed by atoms with Crippen LogP contribution in [0.4, 0.5) is 5.69 Å². The van der Waals surface area contributed by atoms with Gasteiger partial charge in [0.25, 0.3) is 0 Å². The van der Waals surface area contributed by atoms with Gasteiger partial charge in [0.2, 0.25) is 0 Å². The van der Waals surface area contributed by atoms with Gasteiger partial charge in [-0.05, 0) is 24.6 Å². The van der Waals surface area contributed by atoms with E-state index >= 15 is 0 Å². The summed E-state index contributed by atoms with van der Waals surface area (Å²) in [6.45, 7) is 2.12. The normalized spacial score (nSPS) is 10.6. The van der Waals surface area contributed by atoms with Crippen LogP contribution in [-0.4, -0.2) is 12.1 Å². The van der Waals surface area contributed by atoms with Crippen LogP contribution in [0, 0.1) is 6.92 Å². The third kappa shape index (κ3) is 2.97. The number of ether oxygens (including phenoxy) is 1. The Hall–Kier alpha value is -2.33. The van der Waals surface area contributed by atoms with Gasteiger partial charge in [0.15, 0.2) is 0 Å². The van der Waals surface area contributed by atoms with Crippen molar-refractivity contribution in [3.63, 3.8) is 0 Å². The van der Waals surface area contributed by atoms with Crippen molar-refractivity contribution in [3.8, 4) is 17.0 Å². The smallest absolute Gasteiger partial charge is 0.141 e. The zero-order chi connectivity index (χ0) is 15.5. The molecular formula is C18H18N2OS. The largest absolute Gasteiger partial charge is 0.495 e. The summed E-state index contributed by atoms with van der Waals surface area (Å²) < 4.78 is 5.19. The van der Waals surface area contributed by atoms with Crippen molar-refractivity contribution in [2.24, 2.45) is 0 Å². The molecule has 112 valence electrons. The monoisotopic (exact) mass is 310 g/mol. The van der Waals surface area contributed by atoms with Gasteiger partial charge in [-0.15, -0.1) is 11.3 Å². The number of nitrogen functional groups attached to an aromatic ring is 1. The lowest BCUT2D eigenvalue weighted by atomic mass is 10.1. The minimum atomic E-state index is 0.663. The highest BCUT2D eigenvalue weighted by molar-refractivity contribution is 7.12. The standard InChI is InChI=1S/C18H18N2OS/c1-12-18(14-6-4-3-5-7-14)20-17(22-12)11-13-8-9-16(21-2)15(19)10-13/h3-10H,11,19H2,1-2H3.